The predicted molar refractivity (Wildman–Crippen MR) is 88.5 cm³/mol. The van der Waals surface area contributed by atoms with E-state index in [2.05, 4.69) is 26.6 Å². The van der Waals surface area contributed by atoms with Crippen LogP contribution in [0.25, 0.3) is 0 Å². The van der Waals surface area contributed by atoms with Crippen LogP contribution in [0.5, 0.6) is 0 Å². The average molecular weight is 366 g/mol. The van der Waals surface area contributed by atoms with Crippen molar-refractivity contribution in [3.05, 3.63) is 28.7 Å². The minimum absolute atomic E-state index is 0.0775. The number of nitrogens with zero attached hydrogens (tertiary/aromatic N) is 1. The molecule has 2 amide bonds. The number of halogens is 1. The first-order valence-electron chi connectivity index (χ1n) is 7.72. The van der Waals surface area contributed by atoms with Crippen LogP contribution in [0.4, 0.5) is 5.69 Å². The third-order valence-electron chi connectivity index (χ3n) is 4.08. The van der Waals surface area contributed by atoms with Crippen molar-refractivity contribution in [2.24, 2.45) is 0 Å². The maximum absolute atomic E-state index is 12.2. The molecule has 0 aromatic heterocycles. The molecule has 1 atom stereocenters. The topological polar surface area (TPSA) is 61.4 Å². The molecule has 2 N–H and O–H groups in total. The van der Waals surface area contributed by atoms with Crippen molar-refractivity contribution in [2.75, 3.05) is 18.4 Å². The quantitative estimate of drug-likeness (QED) is 0.839. The summed E-state index contributed by atoms with van der Waals surface area (Å²) >= 11 is 3.41. The molecule has 1 heterocycles. The second-order valence-electron chi connectivity index (χ2n) is 5.94. The first-order chi connectivity index (χ1) is 10.6. The summed E-state index contributed by atoms with van der Waals surface area (Å²) < 4.78 is 0.854. The Hall–Kier alpha value is -1.40. The fraction of sp³-hybridized carbons (Fsp3) is 0.500. The SMILES string of the molecule is O=C(CN1CCCC1C(=O)NC1CC1)Nc1ccccc1Br. The monoisotopic (exact) mass is 365 g/mol. The van der Waals surface area contributed by atoms with Crippen molar-refractivity contribution < 1.29 is 9.59 Å². The maximum Gasteiger partial charge on any atom is 0.238 e. The number of carbonyl (C=O) groups is 2. The van der Waals surface area contributed by atoms with Gasteiger partial charge >= 0.3 is 0 Å². The van der Waals surface area contributed by atoms with Gasteiger partial charge in [-0.1, -0.05) is 12.1 Å². The second-order valence-corrected chi connectivity index (χ2v) is 6.79. The van der Waals surface area contributed by atoms with E-state index in [-0.39, 0.29) is 24.4 Å². The number of rotatable bonds is 5. The third kappa shape index (κ3) is 3.87. The number of anilines is 1. The highest BCUT2D eigenvalue weighted by atomic mass is 79.9. The molecule has 5 nitrogen and oxygen atoms in total. The van der Waals surface area contributed by atoms with Crippen molar-refractivity contribution in [1.82, 2.24) is 10.2 Å². The Kier molecular flexibility index (Phi) is 4.78. The maximum atomic E-state index is 12.2. The molecule has 22 heavy (non-hydrogen) atoms. The lowest BCUT2D eigenvalue weighted by molar-refractivity contribution is -0.126. The number of hydrogen-bond acceptors (Lipinski definition) is 3. The van der Waals surface area contributed by atoms with Crippen molar-refractivity contribution in [3.8, 4) is 0 Å². The van der Waals surface area contributed by atoms with E-state index < -0.39 is 0 Å². The van der Waals surface area contributed by atoms with Gasteiger partial charge in [0.2, 0.25) is 11.8 Å². The molecule has 2 aliphatic rings. The highest BCUT2D eigenvalue weighted by Gasteiger charge is 2.34. The molecule has 1 aliphatic carbocycles. The van der Waals surface area contributed by atoms with Crippen LogP contribution in [0.2, 0.25) is 0 Å². The van der Waals surface area contributed by atoms with Crippen LogP contribution < -0.4 is 10.6 Å². The van der Waals surface area contributed by atoms with Gasteiger partial charge < -0.3 is 10.6 Å². The molecule has 118 valence electrons. The van der Waals surface area contributed by atoms with Gasteiger partial charge in [-0.05, 0) is 60.3 Å². The Morgan fingerprint density at radius 1 is 1.23 bits per heavy atom. The molecule has 1 aromatic rings. The molecular weight excluding hydrogens is 346 g/mol. The minimum Gasteiger partial charge on any atom is -0.352 e. The standard InChI is InChI=1S/C16H20BrN3O2/c17-12-4-1-2-5-13(12)19-15(21)10-20-9-3-6-14(20)16(22)18-11-7-8-11/h1-2,4-5,11,14H,3,6-10H2,(H,18,22)(H,19,21). The number of carbonyl (C=O) groups excluding carboxylic acids is 2. The van der Waals surface area contributed by atoms with E-state index in [9.17, 15) is 9.59 Å². The van der Waals surface area contributed by atoms with Gasteiger partial charge in [0.1, 0.15) is 0 Å². The lowest BCUT2D eigenvalue weighted by Gasteiger charge is -2.23. The summed E-state index contributed by atoms with van der Waals surface area (Å²) in [6.07, 6.45) is 3.97. The molecule has 1 saturated heterocycles. The van der Waals surface area contributed by atoms with Gasteiger partial charge in [0, 0.05) is 10.5 Å². The molecule has 2 fully saturated rings. The Bertz CT molecular complexity index is 574. The first-order valence-corrected chi connectivity index (χ1v) is 8.51. The van der Waals surface area contributed by atoms with Crippen LogP contribution in [0.15, 0.2) is 28.7 Å². The average Bonchev–Trinajstić information content (AvgIpc) is 3.17. The van der Waals surface area contributed by atoms with Crippen LogP contribution in [0, 0.1) is 0 Å². The lowest BCUT2D eigenvalue weighted by Crippen LogP contribution is -2.46. The Morgan fingerprint density at radius 2 is 2.00 bits per heavy atom. The number of para-hydroxylation sites is 1. The van der Waals surface area contributed by atoms with Gasteiger partial charge in [0.15, 0.2) is 0 Å². The molecule has 1 aliphatic heterocycles. The van der Waals surface area contributed by atoms with Crippen LogP contribution in [-0.2, 0) is 9.59 Å². The molecule has 0 spiro atoms. The highest BCUT2D eigenvalue weighted by molar-refractivity contribution is 9.10. The largest absolute Gasteiger partial charge is 0.352 e. The molecule has 1 saturated carbocycles. The molecule has 1 aromatic carbocycles. The molecule has 3 rings (SSSR count). The summed E-state index contributed by atoms with van der Waals surface area (Å²) in [7, 11) is 0. The van der Waals surface area contributed by atoms with E-state index in [0.717, 1.165) is 42.4 Å². The summed E-state index contributed by atoms with van der Waals surface area (Å²) in [6, 6.07) is 7.72. The minimum atomic E-state index is -0.162. The molecule has 6 heteroatoms. The van der Waals surface area contributed by atoms with E-state index in [0.29, 0.717) is 6.04 Å². The predicted octanol–water partition coefficient (Wildman–Crippen LogP) is 2.13. The summed E-state index contributed by atoms with van der Waals surface area (Å²) in [5, 5.41) is 5.93. The van der Waals surface area contributed by atoms with Gasteiger partial charge in [-0.3, -0.25) is 14.5 Å². The first kappa shape index (κ1) is 15.5. The van der Waals surface area contributed by atoms with E-state index in [1.807, 2.05) is 29.2 Å². The van der Waals surface area contributed by atoms with Crippen molar-refractivity contribution >= 4 is 33.4 Å². The smallest absolute Gasteiger partial charge is 0.238 e. The van der Waals surface area contributed by atoms with Gasteiger partial charge in [0.25, 0.3) is 0 Å². The van der Waals surface area contributed by atoms with E-state index in [1.54, 1.807) is 0 Å². The second kappa shape index (κ2) is 6.79. The number of likely N-dealkylation sites (tertiary alicyclic amines) is 1. The van der Waals surface area contributed by atoms with Crippen molar-refractivity contribution in [3.63, 3.8) is 0 Å². The van der Waals surface area contributed by atoms with Crippen LogP contribution in [0.1, 0.15) is 25.7 Å². The van der Waals surface area contributed by atoms with Crippen molar-refractivity contribution in [2.45, 2.75) is 37.8 Å². The summed E-state index contributed by atoms with van der Waals surface area (Å²) in [5.74, 6) is -0.00767. The zero-order valence-electron chi connectivity index (χ0n) is 12.3. The third-order valence-corrected chi connectivity index (χ3v) is 4.78. The number of amides is 2. The van der Waals surface area contributed by atoms with Gasteiger partial charge in [-0.25, -0.2) is 0 Å². The van der Waals surface area contributed by atoms with Gasteiger partial charge in [-0.15, -0.1) is 0 Å². The van der Waals surface area contributed by atoms with Crippen LogP contribution in [0.3, 0.4) is 0 Å². The number of nitrogens with one attached hydrogen (secondary N) is 2. The van der Waals surface area contributed by atoms with Crippen molar-refractivity contribution in [1.29, 1.82) is 0 Å². The molecular formula is C16H20BrN3O2. The van der Waals surface area contributed by atoms with E-state index >= 15 is 0 Å². The lowest BCUT2D eigenvalue weighted by atomic mass is 10.2. The van der Waals surface area contributed by atoms with Crippen LogP contribution >= 0.6 is 15.9 Å². The van der Waals surface area contributed by atoms with E-state index in [4.69, 9.17) is 0 Å². The van der Waals surface area contributed by atoms with Gasteiger partial charge in [-0.2, -0.15) is 0 Å². The number of benzene rings is 1. The Morgan fingerprint density at radius 3 is 2.73 bits per heavy atom. The van der Waals surface area contributed by atoms with E-state index in [1.165, 1.54) is 0 Å². The Balaban J connectivity index is 1.55. The summed E-state index contributed by atoms with van der Waals surface area (Å²) in [5.41, 5.74) is 0.755. The normalized spacial score (nSPS) is 21.6. The highest BCUT2D eigenvalue weighted by Crippen LogP contribution is 2.23. The molecule has 0 bridgehead atoms. The zero-order chi connectivity index (χ0) is 15.5. The fourth-order valence-electron chi connectivity index (χ4n) is 2.77. The Labute approximate surface area is 138 Å². The number of hydrogen-bond donors (Lipinski definition) is 2. The zero-order valence-corrected chi connectivity index (χ0v) is 13.9. The summed E-state index contributed by atoms with van der Waals surface area (Å²) in [4.78, 5) is 26.4. The van der Waals surface area contributed by atoms with Crippen LogP contribution in [-0.4, -0.2) is 41.9 Å². The summed E-state index contributed by atoms with van der Waals surface area (Å²) in [6.45, 7) is 1.05. The molecule has 1 unspecified atom stereocenters. The fourth-order valence-corrected chi connectivity index (χ4v) is 3.16. The van der Waals surface area contributed by atoms with Gasteiger partial charge in [0.05, 0.1) is 18.3 Å². The molecule has 0 radical (unpaired) electrons.